The van der Waals surface area contributed by atoms with E-state index in [1.54, 1.807) is 7.05 Å². The Labute approximate surface area is 114 Å². The number of rotatable bonds is 5. The Morgan fingerprint density at radius 1 is 1.32 bits per heavy atom. The van der Waals surface area contributed by atoms with Crippen LogP contribution in [0.5, 0.6) is 0 Å². The molecule has 1 aromatic rings. The van der Waals surface area contributed by atoms with Crippen molar-refractivity contribution in [3.63, 3.8) is 0 Å². The van der Waals surface area contributed by atoms with Gasteiger partial charge in [-0.15, -0.1) is 0 Å². The Morgan fingerprint density at radius 2 is 1.95 bits per heavy atom. The lowest BCUT2D eigenvalue weighted by Gasteiger charge is -2.20. The highest BCUT2D eigenvalue weighted by atomic mass is 35.5. The molecule has 0 radical (unpaired) electrons. The molecule has 0 aliphatic heterocycles. The normalized spacial score (nSPS) is 15.3. The van der Waals surface area contributed by atoms with E-state index in [-0.39, 0.29) is 17.0 Å². The molecule has 7 heteroatoms. The van der Waals surface area contributed by atoms with Gasteiger partial charge in [0.05, 0.1) is 11.7 Å². The summed E-state index contributed by atoms with van der Waals surface area (Å²) in [6, 6.07) is 2.65. The summed E-state index contributed by atoms with van der Waals surface area (Å²) in [6.07, 6.45) is -6.96. The highest BCUT2D eigenvalue weighted by molar-refractivity contribution is 6.31. The Morgan fingerprint density at radius 3 is 2.47 bits per heavy atom. The number of aliphatic hydroxyl groups is 2. The fraction of sp³-hybridized carbons (Fsp3) is 0.500. The van der Waals surface area contributed by atoms with Crippen molar-refractivity contribution >= 4 is 11.6 Å². The van der Waals surface area contributed by atoms with Crippen LogP contribution in [0.15, 0.2) is 18.2 Å². The number of alkyl halides is 3. The second kappa shape index (κ2) is 6.56. The van der Waals surface area contributed by atoms with Gasteiger partial charge in [0.1, 0.15) is 6.10 Å². The molecular formula is C12H15ClF3NO2. The van der Waals surface area contributed by atoms with Crippen molar-refractivity contribution in [2.45, 2.75) is 24.8 Å². The van der Waals surface area contributed by atoms with Gasteiger partial charge in [0.15, 0.2) is 0 Å². The summed E-state index contributed by atoms with van der Waals surface area (Å²) < 4.78 is 37.7. The van der Waals surface area contributed by atoms with Crippen LogP contribution in [0.25, 0.3) is 0 Å². The molecular weight excluding hydrogens is 283 g/mol. The highest BCUT2D eigenvalue weighted by Gasteiger charge is 2.32. The first-order valence-corrected chi connectivity index (χ1v) is 6.02. The Hall–Kier alpha value is -0.820. The monoisotopic (exact) mass is 297 g/mol. The molecule has 1 aromatic carbocycles. The van der Waals surface area contributed by atoms with E-state index in [4.69, 9.17) is 11.6 Å². The standard InChI is InChI=1S/C12H15ClF3NO2/c1-17-5-4-10(18)11(19)8-6-7(12(14,15)16)2-3-9(8)13/h2-3,6,10-11,17-19H,4-5H2,1H3. The minimum absolute atomic E-state index is 0.0102. The third-order valence-corrected chi connectivity index (χ3v) is 3.04. The van der Waals surface area contributed by atoms with Gasteiger partial charge in [-0.05, 0) is 38.2 Å². The molecule has 0 aliphatic rings. The summed E-state index contributed by atoms with van der Waals surface area (Å²) in [4.78, 5) is 0. The molecule has 2 atom stereocenters. The predicted molar refractivity (Wildman–Crippen MR) is 66.0 cm³/mol. The average Bonchev–Trinajstić information content (AvgIpc) is 2.34. The van der Waals surface area contributed by atoms with E-state index in [9.17, 15) is 23.4 Å². The number of aliphatic hydroxyl groups excluding tert-OH is 2. The first-order valence-electron chi connectivity index (χ1n) is 5.64. The van der Waals surface area contributed by atoms with Crippen LogP contribution >= 0.6 is 11.6 Å². The van der Waals surface area contributed by atoms with Crippen LogP contribution in [0.4, 0.5) is 13.2 Å². The molecule has 19 heavy (non-hydrogen) atoms. The summed E-state index contributed by atoms with van der Waals surface area (Å²) in [5.74, 6) is 0. The van der Waals surface area contributed by atoms with Crippen molar-refractivity contribution in [1.82, 2.24) is 5.32 Å². The van der Waals surface area contributed by atoms with Crippen molar-refractivity contribution in [3.8, 4) is 0 Å². The molecule has 1 rings (SSSR count). The third-order valence-electron chi connectivity index (χ3n) is 2.70. The minimum Gasteiger partial charge on any atom is -0.390 e. The van der Waals surface area contributed by atoms with Gasteiger partial charge in [0.2, 0.25) is 0 Å². The number of hydrogen-bond donors (Lipinski definition) is 3. The lowest BCUT2D eigenvalue weighted by Crippen LogP contribution is -2.23. The minimum atomic E-state index is -4.52. The Balaban J connectivity index is 2.98. The quantitative estimate of drug-likeness (QED) is 0.782. The molecule has 0 fully saturated rings. The molecule has 0 aliphatic carbocycles. The van der Waals surface area contributed by atoms with E-state index in [2.05, 4.69) is 5.32 Å². The van der Waals surface area contributed by atoms with Crippen molar-refractivity contribution in [3.05, 3.63) is 34.3 Å². The zero-order valence-electron chi connectivity index (χ0n) is 10.2. The number of benzene rings is 1. The summed E-state index contributed by atoms with van der Waals surface area (Å²) in [5, 5.41) is 22.3. The van der Waals surface area contributed by atoms with Crippen LogP contribution < -0.4 is 5.32 Å². The smallest absolute Gasteiger partial charge is 0.390 e. The van der Waals surface area contributed by atoms with Crippen LogP contribution in [0.2, 0.25) is 5.02 Å². The van der Waals surface area contributed by atoms with Crippen LogP contribution in [-0.4, -0.2) is 29.9 Å². The van der Waals surface area contributed by atoms with Gasteiger partial charge in [0.25, 0.3) is 0 Å². The van der Waals surface area contributed by atoms with Gasteiger partial charge in [0, 0.05) is 10.6 Å². The van der Waals surface area contributed by atoms with E-state index in [0.29, 0.717) is 6.54 Å². The molecule has 0 heterocycles. The van der Waals surface area contributed by atoms with E-state index >= 15 is 0 Å². The van der Waals surface area contributed by atoms with Crippen molar-refractivity contribution in [2.24, 2.45) is 0 Å². The number of nitrogens with one attached hydrogen (secondary N) is 1. The second-order valence-corrected chi connectivity index (χ2v) is 4.55. The molecule has 0 bridgehead atoms. The zero-order chi connectivity index (χ0) is 14.6. The topological polar surface area (TPSA) is 52.5 Å². The van der Waals surface area contributed by atoms with E-state index in [1.165, 1.54) is 0 Å². The molecule has 2 unspecified atom stereocenters. The van der Waals surface area contributed by atoms with Crippen molar-refractivity contribution < 1.29 is 23.4 Å². The second-order valence-electron chi connectivity index (χ2n) is 4.14. The van der Waals surface area contributed by atoms with Crippen LogP contribution in [0.1, 0.15) is 23.7 Å². The summed E-state index contributed by atoms with van der Waals surface area (Å²) in [7, 11) is 1.66. The first-order chi connectivity index (χ1) is 8.77. The van der Waals surface area contributed by atoms with Crippen LogP contribution in [0.3, 0.4) is 0 Å². The average molecular weight is 298 g/mol. The maximum absolute atomic E-state index is 12.6. The van der Waals surface area contributed by atoms with Crippen LogP contribution in [-0.2, 0) is 6.18 Å². The van der Waals surface area contributed by atoms with Gasteiger partial charge >= 0.3 is 6.18 Å². The Bertz CT molecular complexity index is 426. The number of hydrogen-bond acceptors (Lipinski definition) is 3. The Kier molecular flexibility index (Phi) is 5.61. The summed E-state index contributed by atoms with van der Waals surface area (Å²) >= 11 is 5.77. The fourth-order valence-electron chi connectivity index (χ4n) is 1.60. The van der Waals surface area contributed by atoms with Gasteiger partial charge in [-0.2, -0.15) is 13.2 Å². The molecule has 0 amide bonds. The van der Waals surface area contributed by atoms with E-state index < -0.39 is 23.9 Å². The largest absolute Gasteiger partial charge is 0.416 e. The maximum Gasteiger partial charge on any atom is 0.416 e. The van der Waals surface area contributed by atoms with E-state index in [1.807, 2.05) is 0 Å². The zero-order valence-corrected chi connectivity index (χ0v) is 11.0. The van der Waals surface area contributed by atoms with E-state index in [0.717, 1.165) is 18.2 Å². The molecule has 108 valence electrons. The third kappa shape index (κ3) is 4.35. The lowest BCUT2D eigenvalue weighted by molar-refractivity contribution is -0.137. The molecule has 0 saturated heterocycles. The van der Waals surface area contributed by atoms with Crippen molar-refractivity contribution in [1.29, 1.82) is 0 Å². The van der Waals surface area contributed by atoms with Gasteiger partial charge in [-0.3, -0.25) is 0 Å². The molecule has 0 spiro atoms. The van der Waals surface area contributed by atoms with Crippen molar-refractivity contribution in [2.75, 3.05) is 13.6 Å². The van der Waals surface area contributed by atoms with Gasteiger partial charge in [-0.25, -0.2) is 0 Å². The molecule has 3 nitrogen and oxygen atoms in total. The number of halogens is 4. The molecule has 0 aromatic heterocycles. The first kappa shape index (κ1) is 16.2. The van der Waals surface area contributed by atoms with Gasteiger partial charge in [-0.1, -0.05) is 11.6 Å². The van der Waals surface area contributed by atoms with Gasteiger partial charge < -0.3 is 15.5 Å². The van der Waals surface area contributed by atoms with Crippen LogP contribution in [0, 0.1) is 0 Å². The highest BCUT2D eigenvalue weighted by Crippen LogP contribution is 2.34. The predicted octanol–water partition coefficient (Wildman–Crippen LogP) is 2.36. The summed E-state index contributed by atoms with van der Waals surface area (Å²) in [5.41, 5.74) is -1.04. The molecule has 0 saturated carbocycles. The SMILES string of the molecule is CNCCC(O)C(O)c1cc(C(F)(F)F)ccc1Cl. The molecule has 3 N–H and O–H groups in total. The fourth-order valence-corrected chi connectivity index (χ4v) is 1.83. The maximum atomic E-state index is 12.6. The summed E-state index contributed by atoms with van der Waals surface area (Å²) in [6.45, 7) is 0.425. The lowest BCUT2D eigenvalue weighted by atomic mass is 10.00.